The third-order valence-corrected chi connectivity index (χ3v) is 6.70. The first-order valence-electron chi connectivity index (χ1n) is 8.56. The number of thiophene rings is 1. The fraction of sp³-hybridized carbons (Fsp3) is 0.200. The molecule has 0 bridgehead atoms. The van der Waals surface area contributed by atoms with Crippen molar-refractivity contribution >= 4 is 56.0 Å². The minimum absolute atomic E-state index is 0.00206. The van der Waals surface area contributed by atoms with E-state index in [0.717, 1.165) is 26.7 Å². The summed E-state index contributed by atoms with van der Waals surface area (Å²) in [6, 6.07) is 16.7. The van der Waals surface area contributed by atoms with E-state index in [1.165, 1.54) is 4.88 Å². The Bertz CT molecular complexity index is 940. The van der Waals surface area contributed by atoms with Crippen molar-refractivity contribution in [3.05, 3.63) is 75.2 Å². The number of halogens is 1. The largest absolute Gasteiger partial charge is 0.378 e. The summed E-state index contributed by atoms with van der Waals surface area (Å²) >= 11 is 11.1. The molecule has 0 saturated carbocycles. The van der Waals surface area contributed by atoms with E-state index in [-0.39, 0.29) is 12.1 Å². The Morgan fingerprint density at radius 1 is 1.19 bits per heavy atom. The fourth-order valence-corrected chi connectivity index (χ4v) is 5.23. The average molecular weight is 459 g/mol. The maximum Gasteiger partial charge on any atom is 0.174 e. The molecular weight excluding hydrogens is 440 g/mol. The van der Waals surface area contributed by atoms with Gasteiger partial charge in [0.2, 0.25) is 0 Å². The van der Waals surface area contributed by atoms with E-state index in [2.05, 4.69) is 77.8 Å². The number of aromatic nitrogens is 1. The van der Waals surface area contributed by atoms with Gasteiger partial charge in [0.15, 0.2) is 5.11 Å². The van der Waals surface area contributed by atoms with Crippen LogP contribution in [0, 0.1) is 0 Å². The molecule has 3 aromatic rings. The first kappa shape index (κ1) is 18.4. The standard InChI is InChI=1S/C20H19BrN4S2/c1-24(2)14-6-8-15(9-7-14)25-19(17-11-13(21)12-27-17)18(23-20(25)26)16-5-3-4-10-22-16/h3-12,18-19H,1-2H3,(H,23,26). The van der Waals surface area contributed by atoms with Crippen molar-refractivity contribution in [2.75, 3.05) is 23.9 Å². The van der Waals surface area contributed by atoms with Crippen LogP contribution in [-0.4, -0.2) is 24.2 Å². The Labute approximate surface area is 177 Å². The molecule has 0 spiro atoms. The molecule has 27 heavy (non-hydrogen) atoms. The Hall–Kier alpha value is -1.96. The highest BCUT2D eigenvalue weighted by atomic mass is 79.9. The van der Waals surface area contributed by atoms with Crippen molar-refractivity contribution in [3.63, 3.8) is 0 Å². The van der Waals surface area contributed by atoms with E-state index in [0.29, 0.717) is 0 Å². The van der Waals surface area contributed by atoms with Crippen LogP contribution >= 0.6 is 39.5 Å². The van der Waals surface area contributed by atoms with Crippen LogP contribution in [0.15, 0.2) is 64.6 Å². The summed E-state index contributed by atoms with van der Waals surface area (Å²) < 4.78 is 1.09. The van der Waals surface area contributed by atoms with Gasteiger partial charge in [-0.05, 0) is 70.6 Å². The number of anilines is 2. The average Bonchev–Trinajstić information content (AvgIpc) is 3.25. The van der Waals surface area contributed by atoms with Crippen LogP contribution in [0.25, 0.3) is 0 Å². The van der Waals surface area contributed by atoms with Gasteiger partial charge in [-0.1, -0.05) is 6.07 Å². The van der Waals surface area contributed by atoms with Crippen LogP contribution in [0.1, 0.15) is 22.7 Å². The highest BCUT2D eigenvalue weighted by Gasteiger charge is 2.41. The Morgan fingerprint density at radius 2 is 1.96 bits per heavy atom. The van der Waals surface area contributed by atoms with Crippen molar-refractivity contribution in [1.82, 2.24) is 10.3 Å². The molecule has 7 heteroatoms. The lowest BCUT2D eigenvalue weighted by molar-refractivity contribution is 0.575. The minimum atomic E-state index is -0.00206. The summed E-state index contributed by atoms with van der Waals surface area (Å²) in [4.78, 5) is 10.1. The van der Waals surface area contributed by atoms with Crippen LogP contribution in [0.4, 0.5) is 11.4 Å². The smallest absolute Gasteiger partial charge is 0.174 e. The number of thiocarbonyl (C=S) groups is 1. The molecule has 1 N–H and O–H groups in total. The second kappa shape index (κ2) is 7.58. The highest BCUT2D eigenvalue weighted by molar-refractivity contribution is 9.10. The maximum absolute atomic E-state index is 5.74. The zero-order chi connectivity index (χ0) is 19.0. The molecule has 2 unspecified atom stereocenters. The van der Waals surface area contributed by atoms with E-state index >= 15 is 0 Å². The molecule has 1 aromatic carbocycles. The first-order chi connectivity index (χ1) is 13.0. The van der Waals surface area contributed by atoms with Crippen molar-refractivity contribution < 1.29 is 0 Å². The number of hydrogen-bond donors (Lipinski definition) is 1. The second-order valence-electron chi connectivity index (χ2n) is 6.57. The molecule has 138 valence electrons. The van der Waals surface area contributed by atoms with Crippen molar-refractivity contribution in [2.24, 2.45) is 0 Å². The number of nitrogens with zero attached hydrogens (tertiary/aromatic N) is 3. The molecule has 1 aliphatic rings. The predicted octanol–water partition coefficient (Wildman–Crippen LogP) is 5.15. The van der Waals surface area contributed by atoms with Gasteiger partial charge < -0.3 is 15.1 Å². The monoisotopic (exact) mass is 458 g/mol. The molecule has 1 fully saturated rings. The molecule has 2 atom stereocenters. The lowest BCUT2D eigenvalue weighted by Gasteiger charge is -2.27. The van der Waals surface area contributed by atoms with Crippen LogP contribution in [-0.2, 0) is 0 Å². The van der Waals surface area contributed by atoms with Crippen molar-refractivity contribution in [3.8, 4) is 0 Å². The van der Waals surface area contributed by atoms with Crippen molar-refractivity contribution in [2.45, 2.75) is 12.1 Å². The van der Waals surface area contributed by atoms with E-state index < -0.39 is 0 Å². The first-order valence-corrected chi connectivity index (χ1v) is 10.6. The van der Waals surface area contributed by atoms with Gasteiger partial charge in [-0.2, -0.15) is 0 Å². The number of nitrogens with one attached hydrogen (secondary N) is 1. The number of pyridine rings is 1. The SMILES string of the molecule is CN(C)c1ccc(N2C(=S)NC(c3ccccn3)C2c2cc(Br)cs2)cc1. The predicted molar refractivity (Wildman–Crippen MR) is 121 cm³/mol. The van der Waals surface area contributed by atoms with E-state index in [9.17, 15) is 0 Å². The number of benzene rings is 1. The van der Waals surface area contributed by atoms with Crippen molar-refractivity contribution in [1.29, 1.82) is 0 Å². The number of hydrogen-bond acceptors (Lipinski definition) is 4. The summed E-state index contributed by atoms with van der Waals surface area (Å²) in [6.07, 6.45) is 1.83. The molecule has 1 saturated heterocycles. The molecule has 0 amide bonds. The lowest BCUT2D eigenvalue weighted by atomic mass is 10.0. The van der Waals surface area contributed by atoms with Gasteiger partial charge in [0.25, 0.3) is 0 Å². The van der Waals surface area contributed by atoms with Crippen LogP contribution in [0.5, 0.6) is 0 Å². The van der Waals surface area contributed by atoms with Crippen LogP contribution in [0.2, 0.25) is 0 Å². The Morgan fingerprint density at radius 3 is 2.56 bits per heavy atom. The molecule has 0 aliphatic carbocycles. The van der Waals surface area contributed by atoms with Gasteiger partial charge in [0, 0.05) is 46.4 Å². The van der Waals surface area contributed by atoms with E-state index in [4.69, 9.17) is 12.2 Å². The fourth-order valence-electron chi connectivity index (χ4n) is 3.32. The van der Waals surface area contributed by atoms with E-state index in [1.807, 2.05) is 32.4 Å². The summed E-state index contributed by atoms with van der Waals surface area (Å²) in [5.74, 6) is 0. The highest BCUT2D eigenvalue weighted by Crippen LogP contribution is 2.44. The van der Waals surface area contributed by atoms with Gasteiger partial charge in [0.05, 0.1) is 17.8 Å². The molecular formula is C20H19BrN4S2. The molecule has 4 rings (SSSR count). The molecule has 0 radical (unpaired) electrons. The van der Waals surface area contributed by atoms with Gasteiger partial charge in [0.1, 0.15) is 0 Å². The number of rotatable bonds is 4. The van der Waals surface area contributed by atoms with E-state index in [1.54, 1.807) is 11.3 Å². The third-order valence-electron chi connectivity index (χ3n) is 4.62. The molecule has 2 aromatic heterocycles. The lowest BCUT2D eigenvalue weighted by Crippen LogP contribution is -2.29. The van der Waals surface area contributed by atoms with Crippen LogP contribution in [0.3, 0.4) is 0 Å². The quantitative estimate of drug-likeness (QED) is 0.546. The normalized spacial score (nSPS) is 19.2. The summed E-state index contributed by atoms with van der Waals surface area (Å²) in [5.41, 5.74) is 3.22. The Kier molecular flexibility index (Phi) is 5.16. The summed E-state index contributed by atoms with van der Waals surface area (Å²) in [6.45, 7) is 0. The maximum atomic E-state index is 5.74. The molecule has 1 aliphatic heterocycles. The van der Waals surface area contributed by atoms with Gasteiger partial charge in [-0.15, -0.1) is 11.3 Å². The third kappa shape index (κ3) is 3.59. The van der Waals surface area contributed by atoms with Gasteiger partial charge in [-0.3, -0.25) is 4.98 Å². The molecule has 3 heterocycles. The second-order valence-corrected chi connectivity index (χ2v) is 8.82. The Balaban J connectivity index is 1.78. The van der Waals surface area contributed by atoms with Gasteiger partial charge >= 0.3 is 0 Å². The van der Waals surface area contributed by atoms with Crippen LogP contribution < -0.4 is 15.1 Å². The zero-order valence-electron chi connectivity index (χ0n) is 15.0. The van der Waals surface area contributed by atoms with Gasteiger partial charge in [-0.25, -0.2) is 0 Å². The topological polar surface area (TPSA) is 31.4 Å². The zero-order valence-corrected chi connectivity index (χ0v) is 18.2. The summed E-state index contributed by atoms with van der Waals surface area (Å²) in [7, 11) is 4.08. The summed E-state index contributed by atoms with van der Waals surface area (Å²) in [5, 5.41) is 6.32. The molecule has 4 nitrogen and oxygen atoms in total. The minimum Gasteiger partial charge on any atom is -0.378 e.